The van der Waals surface area contributed by atoms with Crippen LogP contribution >= 0.6 is 0 Å². The summed E-state index contributed by atoms with van der Waals surface area (Å²) in [6, 6.07) is 4.38. The van der Waals surface area contributed by atoms with Crippen LogP contribution in [0.3, 0.4) is 0 Å². The maximum atomic E-state index is 12.1. The number of alkyl halides is 2. The molecule has 0 heterocycles. The van der Waals surface area contributed by atoms with Gasteiger partial charge in [-0.2, -0.15) is 8.78 Å². The fourth-order valence-electron chi connectivity index (χ4n) is 1.11. The monoisotopic (exact) mass is 216 g/mol. The Hall–Kier alpha value is -1.65. The summed E-state index contributed by atoms with van der Waals surface area (Å²) in [5, 5.41) is 0. The van der Waals surface area contributed by atoms with Gasteiger partial charge in [0.15, 0.2) is 17.8 Å². The van der Waals surface area contributed by atoms with Gasteiger partial charge in [-0.25, -0.2) is 0 Å². The number of ether oxygens (including phenoxy) is 2. The number of carbonyl (C=O) groups is 1. The van der Waals surface area contributed by atoms with Crippen molar-refractivity contribution in [3.8, 4) is 11.5 Å². The molecule has 0 fully saturated rings. The Morgan fingerprint density at radius 2 is 2.20 bits per heavy atom. The standard InChI is InChI=1S/C10H10F2O3/c1-2-14-8-5-3-4-7(6-13)9(8)15-10(11)12/h3-6,10H,2H2,1H3. The number of hydrogen-bond acceptors (Lipinski definition) is 3. The van der Waals surface area contributed by atoms with E-state index in [2.05, 4.69) is 4.74 Å². The van der Waals surface area contributed by atoms with E-state index < -0.39 is 6.61 Å². The number of benzene rings is 1. The molecule has 1 aromatic carbocycles. The molecule has 0 amide bonds. The maximum Gasteiger partial charge on any atom is 0.387 e. The molecule has 15 heavy (non-hydrogen) atoms. The first kappa shape index (κ1) is 11.4. The Morgan fingerprint density at radius 3 is 2.73 bits per heavy atom. The summed E-state index contributed by atoms with van der Waals surface area (Å²) in [5.74, 6) is -0.0771. The summed E-state index contributed by atoms with van der Waals surface area (Å²) in [6.45, 7) is -0.966. The zero-order valence-corrected chi connectivity index (χ0v) is 8.07. The van der Waals surface area contributed by atoms with Crippen molar-refractivity contribution in [1.29, 1.82) is 0 Å². The maximum absolute atomic E-state index is 12.1. The molecule has 1 rings (SSSR count). The molecule has 82 valence electrons. The van der Waals surface area contributed by atoms with Gasteiger partial charge in [0.1, 0.15) is 0 Å². The van der Waals surface area contributed by atoms with Crippen LogP contribution in [0.25, 0.3) is 0 Å². The Labute approximate surface area is 85.6 Å². The second-order valence-corrected chi connectivity index (χ2v) is 2.60. The lowest BCUT2D eigenvalue weighted by Gasteiger charge is -2.12. The molecule has 0 unspecified atom stereocenters. The predicted molar refractivity (Wildman–Crippen MR) is 49.6 cm³/mol. The number of aldehydes is 1. The second kappa shape index (κ2) is 5.29. The molecule has 0 saturated carbocycles. The molecular weight excluding hydrogens is 206 g/mol. The van der Waals surface area contributed by atoms with Crippen LogP contribution < -0.4 is 9.47 Å². The molecular formula is C10H10F2O3. The number of hydrogen-bond donors (Lipinski definition) is 0. The van der Waals surface area contributed by atoms with Gasteiger partial charge < -0.3 is 9.47 Å². The molecule has 0 saturated heterocycles. The van der Waals surface area contributed by atoms with Gasteiger partial charge >= 0.3 is 6.61 Å². The molecule has 1 aromatic rings. The summed E-state index contributed by atoms with van der Waals surface area (Å²) < 4.78 is 33.4. The van der Waals surface area contributed by atoms with Crippen molar-refractivity contribution < 1.29 is 23.0 Å². The largest absolute Gasteiger partial charge is 0.490 e. The highest BCUT2D eigenvalue weighted by Gasteiger charge is 2.14. The average Bonchev–Trinajstić information content (AvgIpc) is 2.20. The van der Waals surface area contributed by atoms with Crippen molar-refractivity contribution in [2.75, 3.05) is 6.61 Å². The van der Waals surface area contributed by atoms with Crippen molar-refractivity contribution in [2.24, 2.45) is 0 Å². The first-order valence-corrected chi connectivity index (χ1v) is 4.34. The second-order valence-electron chi connectivity index (χ2n) is 2.60. The smallest absolute Gasteiger partial charge is 0.387 e. The zero-order chi connectivity index (χ0) is 11.3. The van der Waals surface area contributed by atoms with Gasteiger partial charge in [0.05, 0.1) is 12.2 Å². The van der Waals surface area contributed by atoms with Crippen LogP contribution in [0.1, 0.15) is 17.3 Å². The van der Waals surface area contributed by atoms with E-state index >= 15 is 0 Å². The molecule has 0 spiro atoms. The third kappa shape index (κ3) is 2.90. The minimum atomic E-state index is -2.98. The normalized spacial score (nSPS) is 10.1. The van der Waals surface area contributed by atoms with Crippen LogP contribution in [-0.4, -0.2) is 19.5 Å². The highest BCUT2D eigenvalue weighted by atomic mass is 19.3. The minimum absolute atomic E-state index is 0.0428. The van der Waals surface area contributed by atoms with Gasteiger partial charge in [0.2, 0.25) is 0 Å². The van der Waals surface area contributed by atoms with Gasteiger partial charge in [0.25, 0.3) is 0 Å². The van der Waals surface area contributed by atoms with Crippen LogP contribution in [0, 0.1) is 0 Å². The van der Waals surface area contributed by atoms with Crippen molar-refractivity contribution in [3.63, 3.8) is 0 Å². The Kier molecular flexibility index (Phi) is 4.03. The number of para-hydroxylation sites is 1. The molecule has 5 heteroatoms. The summed E-state index contributed by atoms with van der Waals surface area (Å²) in [4.78, 5) is 10.6. The Morgan fingerprint density at radius 1 is 1.47 bits per heavy atom. The third-order valence-corrected chi connectivity index (χ3v) is 1.64. The molecule has 0 N–H and O–H groups in total. The molecule has 0 aromatic heterocycles. The van der Waals surface area contributed by atoms with E-state index in [1.807, 2.05) is 0 Å². The van der Waals surface area contributed by atoms with Crippen LogP contribution in [-0.2, 0) is 0 Å². The number of halogens is 2. The predicted octanol–water partition coefficient (Wildman–Crippen LogP) is 2.50. The van der Waals surface area contributed by atoms with Crippen LogP contribution in [0.2, 0.25) is 0 Å². The molecule has 0 radical (unpaired) electrons. The third-order valence-electron chi connectivity index (χ3n) is 1.64. The zero-order valence-electron chi connectivity index (χ0n) is 8.07. The fraction of sp³-hybridized carbons (Fsp3) is 0.300. The molecule has 0 aliphatic heterocycles. The summed E-state index contributed by atoms with van der Waals surface area (Å²) in [6.07, 6.45) is 0.445. The van der Waals surface area contributed by atoms with E-state index in [9.17, 15) is 13.6 Å². The van der Waals surface area contributed by atoms with E-state index in [0.29, 0.717) is 12.9 Å². The van der Waals surface area contributed by atoms with Crippen molar-refractivity contribution in [3.05, 3.63) is 23.8 Å². The van der Waals surface area contributed by atoms with E-state index in [4.69, 9.17) is 4.74 Å². The summed E-state index contributed by atoms with van der Waals surface area (Å²) in [5.41, 5.74) is 0.0428. The SMILES string of the molecule is CCOc1cccc(C=O)c1OC(F)F. The van der Waals surface area contributed by atoms with Gasteiger partial charge in [0, 0.05) is 0 Å². The minimum Gasteiger partial charge on any atom is -0.490 e. The van der Waals surface area contributed by atoms with Crippen molar-refractivity contribution >= 4 is 6.29 Å². The topological polar surface area (TPSA) is 35.5 Å². The van der Waals surface area contributed by atoms with Gasteiger partial charge in [-0.15, -0.1) is 0 Å². The quantitative estimate of drug-likeness (QED) is 0.709. The first-order valence-electron chi connectivity index (χ1n) is 4.34. The molecule has 3 nitrogen and oxygen atoms in total. The van der Waals surface area contributed by atoms with Crippen LogP contribution in [0.5, 0.6) is 11.5 Å². The highest BCUT2D eigenvalue weighted by molar-refractivity contribution is 5.81. The lowest BCUT2D eigenvalue weighted by Crippen LogP contribution is -2.06. The Balaban J connectivity index is 3.08. The lowest BCUT2D eigenvalue weighted by molar-refractivity contribution is -0.0516. The summed E-state index contributed by atoms with van der Waals surface area (Å²) >= 11 is 0. The van der Waals surface area contributed by atoms with Gasteiger partial charge in [-0.1, -0.05) is 6.07 Å². The van der Waals surface area contributed by atoms with Crippen LogP contribution in [0.15, 0.2) is 18.2 Å². The first-order chi connectivity index (χ1) is 7.19. The number of rotatable bonds is 5. The van der Waals surface area contributed by atoms with Crippen molar-refractivity contribution in [1.82, 2.24) is 0 Å². The lowest BCUT2D eigenvalue weighted by atomic mass is 10.2. The molecule has 0 aliphatic carbocycles. The van der Waals surface area contributed by atoms with E-state index in [1.54, 1.807) is 6.92 Å². The van der Waals surface area contributed by atoms with E-state index in [0.717, 1.165) is 0 Å². The van der Waals surface area contributed by atoms with Gasteiger partial charge in [-0.3, -0.25) is 4.79 Å². The van der Waals surface area contributed by atoms with Gasteiger partial charge in [-0.05, 0) is 19.1 Å². The van der Waals surface area contributed by atoms with Crippen LogP contribution in [0.4, 0.5) is 8.78 Å². The molecule has 0 bridgehead atoms. The highest BCUT2D eigenvalue weighted by Crippen LogP contribution is 2.31. The van der Waals surface area contributed by atoms with Crippen molar-refractivity contribution in [2.45, 2.75) is 13.5 Å². The molecule has 0 aliphatic rings. The number of carbonyl (C=O) groups excluding carboxylic acids is 1. The van der Waals surface area contributed by atoms with E-state index in [-0.39, 0.29) is 17.1 Å². The Bertz CT molecular complexity index is 339. The summed E-state index contributed by atoms with van der Waals surface area (Å²) in [7, 11) is 0. The fourth-order valence-corrected chi connectivity index (χ4v) is 1.11. The van der Waals surface area contributed by atoms with E-state index in [1.165, 1.54) is 18.2 Å². The molecule has 0 atom stereocenters. The average molecular weight is 216 g/mol.